The Morgan fingerprint density at radius 3 is 2.87 bits per heavy atom. The van der Waals surface area contributed by atoms with E-state index >= 15 is 0 Å². The first-order chi connectivity index (χ1) is 7.22. The molecule has 0 aromatic carbocycles. The third kappa shape index (κ3) is 5.50. The molecule has 1 aliphatic heterocycles. The van der Waals surface area contributed by atoms with Crippen LogP contribution in [0.5, 0.6) is 0 Å². The predicted octanol–water partition coefficient (Wildman–Crippen LogP) is 1.01. The van der Waals surface area contributed by atoms with E-state index in [0.29, 0.717) is 6.04 Å². The second-order valence-electron chi connectivity index (χ2n) is 4.87. The lowest BCUT2D eigenvalue weighted by molar-refractivity contribution is 0.248. The van der Waals surface area contributed by atoms with E-state index in [9.17, 15) is 0 Å². The van der Waals surface area contributed by atoms with Crippen LogP contribution in [0.25, 0.3) is 0 Å². The molecule has 1 atom stereocenters. The summed E-state index contributed by atoms with van der Waals surface area (Å²) in [6.45, 7) is 8.46. The number of nitrogens with one attached hydrogen (secondary N) is 1. The summed E-state index contributed by atoms with van der Waals surface area (Å²) in [5, 5.41) is 3.61. The topological polar surface area (TPSA) is 18.5 Å². The van der Waals surface area contributed by atoms with Gasteiger partial charge in [0.2, 0.25) is 0 Å². The van der Waals surface area contributed by atoms with E-state index in [1.54, 1.807) is 0 Å². The van der Waals surface area contributed by atoms with Gasteiger partial charge in [-0.25, -0.2) is 0 Å². The number of hydrogen-bond donors (Lipinski definition) is 1. The lowest BCUT2D eigenvalue weighted by Gasteiger charge is -2.24. The van der Waals surface area contributed by atoms with Gasteiger partial charge in [-0.05, 0) is 59.5 Å². The van der Waals surface area contributed by atoms with Gasteiger partial charge in [-0.2, -0.15) is 0 Å². The van der Waals surface area contributed by atoms with Crippen molar-refractivity contribution in [2.24, 2.45) is 0 Å². The first-order valence-electron chi connectivity index (χ1n) is 6.33. The van der Waals surface area contributed by atoms with Crippen molar-refractivity contribution in [1.82, 2.24) is 15.1 Å². The Balaban J connectivity index is 2.20. The SMILES string of the molecule is CCC1CN(CCCN(C)C)CCCN1. The quantitative estimate of drug-likeness (QED) is 0.735. The van der Waals surface area contributed by atoms with E-state index in [2.05, 4.69) is 36.1 Å². The Hall–Kier alpha value is -0.120. The standard InChI is InChI=1S/C12H27N3/c1-4-12-11-15(9-5-7-13-12)10-6-8-14(2)3/h12-13H,4-11H2,1-3H3. The third-order valence-corrected chi connectivity index (χ3v) is 3.14. The Bertz CT molecular complexity index is 159. The van der Waals surface area contributed by atoms with Crippen molar-refractivity contribution in [3.05, 3.63) is 0 Å². The molecule has 1 aliphatic rings. The molecule has 0 radical (unpaired) electrons. The van der Waals surface area contributed by atoms with E-state index < -0.39 is 0 Å². The van der Waals surface area contributed by atoms with Crippen molar-refractivity contribution in [2.45, 2.75) is 32.2 Å². The van der Waals surface area contributed by atoms with Crippen LogP contribution in [0, 0.1) is 0 Å². The van der Waals surface area contributed by atoms with Crippen molar-refractivity contribution in [2.75, 3.05) is 46.8 Å². The summed E-state index contributed by atoms with van der Waals surface area (Å²) in [6, 6.07) is 0.715. The summed E-state index contributed by atoms with van der Waals surface area (Å²) in [7, 11) is 4.30. The summed E-state index contributed by atoms with van der Waals surface area (Å²) in [6.07, 6.45) is 3.85. The fourth-order valence-corrected chi connectivity index (χ4v) is 2.16. The molecule has 1 unspecified atom stereocenters. The van der Waals surface area contributed by atoms with Crippen LogP contribution in [0.2, 0.25) is 0 Å². The van der Waals surface area contributed by atoms with Crippen molar-refractivity contribution >= 4 is 0 Å². The highest BCUT2D eigenvalue weighted by atomic mass is 15.2. The average molecular weight is 213 g/mol. The van der Waals surface area contributed by atoms with Gasteiger partial charge in [0.15, 0.2) is 0 Å². The Morgan fingerprint density at radius 2 is 2.20 bits per heavy atom. The molecule has 0 aromatic heterocycles. The molecule has 0 amide bonds. The summed E-state index contributed by atoms with van der Waals surface area (Å²) in [5.74, 6) is 0. The lowest BCUT2D eigenvalue weighted by Crippen LogP contribution is -2.38. The minimum absolute atomic E-state index is 0.715. The van der Waals surface area contributed by atoms with E-state index in [1.807, 2.05) is 0 Å². The van der Waals surface area contributed by atoms with Crippen LogP contribution in [0.15, 0.2) is 0 Å². The molecule has 1 N–H and O–H groups in total. The van der Waals surface area contributed by atoms with Gasteiger partial charge in [-0.1, -0.05) is 6.92 Å². The van der Waals surface area contributed by atoms with Crippen LogP contribution in [0.3, 0.4) is 0 Å². The zero-order valence-electron chi connectivity index (χ0n) is 10.6. The number of rotatable bonds is 5. The molecular formula is C12H27N3. The maximum Gasteiger partial charge on any atom is 0.0192 e. The summed E-state index contributed by atoms with van der Waals surface area (Å²) >= 11 is 0. The van der Waals surface area contributed by atoms with Gasteiger partial charge in [-0.3, -0.25) is 0 Å². The maximum absolute atomic E-state index is 3.61. The van der Waals surface area contributed by atoms with Crippen LogP contribution in [-0.4, -0.2) is 62.7 Å². The van der Waals surface area contributed by atoms with Gasteiger partial charge in [-0.15, -0.1) is 0 Å². The van der Waals surface area contributed by atoms with Crippen molar-refractivity contribution in [1.29, 1.82) is 0 Å². The molecule has 3 nitrogen and oxygen atoms in total. The van der Waals surface area contributed by atoms with Crippen molar-refractivity contribution in [3.8, 4) is 0 Å². The van der Waals surface area contributed by atoms with Gasteiger partial charge in [0.05, 0.1) is 0 Å². The molecule has 1 heterocycles. The first-order valence-corrected chi connectivity index (χ1v) is 6.33. The zero-order chi connectivity index (χ0) is 11.1. The largest absolute Gasteiger partial charge is 0.313 e. The van der Waals surface area contributed by atoms with Crippen molar-refractivity contribution in [3.63, 3.8) is 0 Å². The molecule has 0 aliphatic carbocycles. The molecule has 0 aromatic rings. The predicted molar refractivity (Wildman–Crippen MR) is 66.3 cm³/mol. The van der Waals surface area contributed by atoms with Crippen LogP contribution < -0.4 is 5.32 Å². The fraction of sp³-hybridized carbons (Fsp3) is 1.00. The van der Waals surface area contributed by atoms with E-state index in [1.165, 1.54) is 52.0 Å². The van der Waals surface area contributed by atoms with E-state index in [-0.39, 0.29) is 0 Å². The average Bonchev–Trinajstić information content (AvgIpc) is 2.42. The molecule has 1 saturated heterocycles. The monoisotopic (exact) mass is 213 g/mol. The minimum atomic E-state index is 0.715. The molecule has 15 heavy (non-hydrogen) atoms. The molecule has 1 rings (SSSR count). The van der Waals surface area contributed by atoms with Gasteiger partial charge in [0.25, 0.3) is 0 Å². The first kappa shape index (κ1) is 12.9. The van der Waals surface area contributed by atoms with Crippen LogP contribution in [0.1, 0.15) is 26.2 Å². The maximum atomic E-state index is 3.61. The summed E-state index contributed by atoms with van der Waals surface area (Å²) in [4.78, 5) is 4.89. The molecule has 0 saturated carbocycles. The van der Waals surface area contributed by atoms with Crippen molar-refractivity contribution < 1.29 is 0 Å². The summed E-state index contributed by atoms with van der Waals surface area (Å²) in [5.41, 5.74) is 0. The van der Waals surface area contributed by atoms with Crippen LogP contribution in [0.4, 0.5) is 0 Å². The molecule has 1 fully saturated rings. The van der Waals surface area contributed by atoms with Gasteiger partial charge in [0.1, 0.15) is 0 Å². The normalized spacial score (nSPS) is 24.4. The Morgan fingerprint density at radius 1 is 1.40 bits per heavy atom. The van der Waals surface area contributed by atoms with Gasteiger partial charge < -0.3 is 15.1 Å². The Labute approximate surface area is 94.8 Å². The van der Waals surface area contributed by atoms with Gasteiger partial charge >= 0.3 is 0 Å². The molecule has 0 bridgehead atoms. The van der Waals surface area contributed by atoms with Crippen LogP contribution >= 0.6 is 0 Å². The van der Waals surface area contributed by atoms with E-state index in [0.717, 1.165) is 0 Å². The molecule has 90 valence electrons. The van der Waals surface area contributed by atoms with E-state index in [4.69, 9.17) is 0 Å². The van der Waals surface area contributed by atoms with Gasteiger partial charge in [0, 0.05) is 12.6 Å². The highest BCUT2D eigenvalue weighted by molar-refractivity contribution is 4.75. The fourth-order valence-electron chi connectivity index (χ4n) is 2.16. The molecule has 0 spiro atoms. The zero-order valence-corrected chi connectivity index (χ0v) is 10.6. The molecule has 3 heteroatoms. The second kappa shape index (κ2) is 7.20. The number of nitrogens with zero attached hydrogens (tertiary/aromatic N) is 2. The third-order valence-electron chi connectivity index (χ3n) is 3.14. The number of hydrogen-bond acceptors (Lipinski definition) is 3. The summed E-state index contributed by atoms with van der Waals surface area (Å²) < 4.78 is 0. The highest BCUT2D eigenvalue weighted by Crippen LogP contribution is 2.04. The Kier molecular flexibility index (Phi) is 6.22. The van der Waals surface area contributed by atoms with Crippen LogP contribution in [-0.2, 0) is 0 Å². The lowest BCUT2D eigenvalue weighted by atomic mass is 10.2. The second-order valence-corrected chi connectivity index (χ2v) is 4.87. The minimum Gasteiger partial charge on any atom is -0.313 e. The molecular weight excluding hydrogens is 186 g/mol. The smallest absolute Gasteiger partial charge is 0.0192 e. The highest BCUT2D eigenvalue weighted by Gasteiger charge is 2.15.